The highest BCUT2D eigenvalue weighted by Crippen LogP contribution is 2.22. The molecule has 1 aromatic heterocycles. The number of anilines is 2. The number of aromatic nitrogens is 1. The maximum Gasteiger partial charge on any atom is 0.267 e. The van der Waals surface area contributed by atoms with Crippen LogP contribution in [-0.4, -0.2) is 17.9 Å². The number of H-pyrrole nitrogens is 1. The van der Waals surface area contributed by atoms with E-state index in [4.69, 9.17) is 0 Å². The van der Waals surface area contributed by atoms with Gasteiger partial charge in [0.15, 0.2) is 0 Å². The van der Waals surface area contributed by atoms with Crippen LogP contribution in [0.2, 0.25) is 0 Å². The molecule has 0 aliphatic carbocycles. The van der Waals surface area contributed by atoms with E-state index >= 15 is 0 Å². The number of hydrogen-bond donors (Lipinski definition) is 3. The normalized spacial score (nSPS) is 10.4. The summed E-state index contributed by atoms with van der Waals surface area (Å²) in [6, 6.07) is 17.8. The number of nitrogens with one attached hydrogen (secondary N) is 3. The van der Waals surface area contributed by atoms with Crippen molar-refractivity contribution in [3.05, 3.63) is 60.3 Å². The highest BCUT2D eigenvalue weighted by molar-refractivity contribution is 5.98. The molecule has 0 aliphatic heterocycles. The molecule has 0 bridgehead atoms. The molecule has 0 saturated heterocycles. The molecule has 100 valence electrons. The predicted molar refractivity (Wildman–Crippen MR) is 81.4 cm³/mol. The number of aromatic amines is 1. The first-order valence-electron chi connectivity index (χ1n) is 6.43. The zero-order valence-electron chi connectivity index (χ0n) is 11.1. The molecular weight excluding hydrogens is 250 g/mol. The molecular formula is C16H15N3O. The molecule has 0 atom stereocenters. The van der Waals surface area contributed by atoms with Gasteiger partial charge >= 0.3 is 0 Å². The number of fused-ring (bicyclic) bond motifs is 1. The van der Waals surface area contributed by atoms with Crippen molar-refractivity contribution in [3.8, 4) is 0 Å². The van der Waals surface area contributed by atoms with Crippen LogP contribution in [0.15, 0.2) is 54.6 Å². The number of rotatable bonds is 3. The van der Waals surface area contributed by atoms with Crippen LogP contribution in [-0.2, 0) is 0 Å². The maximum absolute atomic E-state index is 11.6. The zero-order valence-corrected chi connectivity index (χ0v) is 11.1. The summed E-state index contributed by atoms with van der Waals surface area (Å²) in [5.74, 6) is -0.112. The number of para-hydroxylation sites is 1. The number of carbonyl (C=O) groups excluding carboxylic acids is 1. The Kier molecular flexibility index (Phi) is 3.13. The van der Waals surface area contributed by atoms with Crippen molar-refractivity contribution in [2.75, 3.05) is 12.4 Å². The summed E-state index contributed by atoms with van der Waals surface area (Å²) in [5, 5.41) is 6.95. The minimum Gasteiger partial charge on any atom is -0.356 e. The van der Waals surface area contributed by atoms with Crippen LogP contribution in [0.4, 0.5) is 11.4 Å². The van der Waals surface area contributed by atoms with Crippen LogP contribution < -0.4 is 10.6 Å². The minimum absolute atomic E-state index is 0.112. The Balaban J connectivity index is 1.92. The Hall–Kier alpha value is -2.75. The van der Waals surface area contributed by atoms with E-state index in [1.807, 2.05) is 54.6 Å². The van der Waals surface area contributed by atoms with Gasteiger partial charge in [0.2, 0.25) is 0 Å². The molecule has 2 aromatic carbocycles. The Bertz CT molecular complexity index is 747. The van der Waals surface area contributed by atoms with Gasteiger partial charge in [-0.2, -0.15) is 0 Å². The van der Waals surface area contributed by atoms with Gasteiger partial charge in [0.25, 0.3) is 5.91 Å². The van der Waals surface area contributed by atoms with Crippen LogP contribution in [0.5, 0.6) is 0 Å². The van der Waals surface area contributed by atoms with Gasteiger partial charge in [-0.05, 0) is 36.4 Å². The minimum atomic E-state index is -0.112. The van der Waals surface area contributed by atoms with Gasteiger partial charge in [0.05, 0.1) is 0 Å². The fourth-order valence-electron chi connectivity index (χ4n) is 2.16. The zero-order chi connectivity index (χ0) is 13.9. The number of carbonyl (C=O) groups is 1. The maximum atomic E-state index is 11.6. The van der Waals surface area contributed by atoms with E-state index in [9.17, 15) is 4.79 Å². The first-order chi connectivity index (χ1) is 9.76. The predicted octanol–water partition coefficient (Wildman–Crippen LogP) is 3.27. The molecule has 0 unspecified atom stereocenters. The quantitative estimate of drug-likeness (QED) is 0.680. The lowest BCUT2D eigenvalue weighted by Crippen LogP contribution is -2.17. The lowest BCUT2D eigenvalue weighted by Gasteiger charge is -2.05. The molecule has 4 nitrogen and oxygen atoms in total. The van der Waals surface area contributed by atoms with Gasteiger partial charge in [-0.25, -0.2) is 0 Å². The average Bonchev–Trinajstić information content (AvgIpc) is 2.90. The molecule has 4 heteroatoms. The van der Waals surface area contributed by atoms with E-state index in [1.165, 1.54) is 0 Å². The monoisotopic (exact) mass is 265 g/mol. The number of benzene rings is 2. The second-order valence-electron chi connectivity index (χ2n) is 4.56. The van der Waals surface area contributed by atoms with Crippen LogP contribution in [0.1, 0.15) is 10.5 Å². The summed E-state index contributed by atoms with van der Waals surface area (Å²) in [6.45, 7) is 0. The molecule has 3 rings (SSSR count). The van der Waals surface area contributed by atoms with Crippen molar-refractivity contribution in [1.29, 1.82) is 0 Å². The van der Waals surface area contributed by atoms with Crippen molar-refractivity contribution in [1.82, 2.24) is 10.3 Å². The summed E-state index contributed by atoms with van der Waals surface area (Å²) in [7, 11) is 1.62. The van der Waals surface area contributed by atoms with Gasteiger partial charge in [-0.1, -0.05) is 18.2 Å². The van der Waals surface area contributed by atoms with Crippen molar-refractivity contribution in [2.24, 2.45) is 0 Å². The highest BCUT2D eigenvalue weighted by Gasteiger charge is 2.07. The summed E-state index contributed by atoms with van der Waals surface area (Å²) in [4.78, 5) is 14.7. The van der Waals surface area contributed by atoms with Gasteiger partial charge < -0.3 is 15.6 Å². The van der Waals surface area contributed by atoms with E-state index in [1.54, 1.807) is 7.05 Å². The van der Waals surface area contributed by atoms with E-state index in [0.717, 1.165) is 22.3 Å². The van der Waals surface area contributed by atoms with E-state index in [0.29, 0.717) is 5.69 Å². The highest BCUT2D eigenvalue weighted by atomic mass is 16.1. The Morgan fingerprint density at radius 3 is 2.55 bits per heavy atom. The third-order valence-corrected chi connectivity index (χ3v) is 3.15. The third-order valence-electron chi connectivity index (χ3n) is 3.15. The van der Waals surface area contributed by atoms with Crippen LogP contribution >= 0.6 is 0 Å². The SMILES string of the molecule is CNC(=O)c1cc2cc(Nc3ccccc3)ccc2[nH]1. The van der Waals surface area contributed by atoms with Crippen LogP contribution in [0, 0.1) is 0 Å². The molecule has 0 radical (unpaired) electrons. The molecule has 3 N–H and O–H groups in total. The third kappa shape index (κ3) is 2.36. The molecule has 0 aliphatic rings. The topological polar surface area (TPSA) is 56.9 Å². The van der Waals surface area contributed by atoms with Crippen molar-refractivity contribution >= 4 is 28.2 Å². The second-order valence-corrected chi connectivity index (χ2v) is 4.56. The smallest absolute Gasteiger partial charge is 0.267 e. The summed E-state index contributed by atoms with van der Waals surface area (Å²) in [5.41, 5.74) is 3.54. The lowest BCUT2D eigenvalue weighted by atomic mass is 10.2. The lowest BCUT2D eigenvalue weighted by molar-refractivity contribution is 0.0959. The molecule has 20 heavy (non-hydrogen) atoms. The second kappa shape index (κ2) is 5.09. The summed E-state index contributed by atoms with van der Waals surface area (Å²) in [6.07, 6.45) is 0. The average molecular weight is 265 g/mol. The summed E-state index contributed by atoms with van der Waals surface area (Å²) >= 11 is 0. The molecule has 1 heterocycles. The fraction of sp³-hybridized carbons (Fsp3) is 0.0625. The Morgan fingerprint density at radius 1 is 1.00 bits per heavy atom. The fourth-order valence-corrected chi connectivity index (χ4v) is 2.16. The molecule has 0 spiro atoms. The molecule has 3 aromatic rings. The van der Waals surface area contributed by atoms with Gasteiger partial charge in [0.1, 0.15) is 5.69 Å². The number of amides is 1. The van der Waals surface area contributed by atoms with Crippen molar-refractivity contribution in [3.63, 3.8) is 0 Å². The Morgan fingerprint density at radius 2 is 1.80 bits per heavy atom. The number of hydrogen-bond acceptors (Lipinski definition) is 2. The van der Waals surface area contributed by atoms with Gasteiger partial charge in [0, 0.05) is 29.3 Å². The standard InChI is InChI=1S/C16H15N3O/c1-17-16(20)15-10-11-9-13(7-8-14(11)19-15)18-12-5-3-2-4-6-12/h2-10,18-19H,1H3,(H,17,20). The van der Waals surface area contributed by atoms with Crippen molar-refractivity contribution in [2.45, 2.75) is 0 Å². The summed E-state index contributed by atoms with van der Waals surface area (Å²) < 4.78 is 0. The van der Waals surface area contributed by atoms with Crippen LogP contribution in [0.25, 0.3) is 10.9 Å². The first kappa shape index (κ1) is 12.3. The van der Waals surface area contributed by atoms with Gasteiger partial charge in [-0.15, -0.1) is 0 Å². The van der Waals surface area contributed by atoms with Gasteiger partial charge in [-0.3, -0.25) is 4.79 Å². The van der Waals surface area contributed by atoms with E-state index < -0.39 is 0 Å². The van der Waals surface area contributed by atoms with E-state index in [-0.39, 0.29) is 5.91 Å². The Labute approximate surface area is 116 Å². The largest absolute Gasteiger partial charge is 0.356 e. The first-order valence-corrected chi connectivity index (χ1v) is 6.43. The molecule has 0 saturated carbocycles. The molecule has 1 amide bonds. The molecule has 0 fully saturated rings. The van der Waals surface area contributed by atoms with Crippen molar-refractivity contribution < 1.29 is 4.79 Å². The van der Waals surface area contributed by atoms with Crippen LogP contribution in [0.3, 0.4) is 0 Å². The van der Waals surface area contributed by atoms with E-state index in [2.05, 4.69) is 15.6 Å².